The van der Waals surface area contributed by atoms with Crippen LogP contribution in [0.1, 0.15) is 16.7 Å². The van der Waals surface area contributed by atoms with Gasteiger partial charge < -0.3 is 5.32 Å². The van der Waals surface area contributed by atoms with Crippen LogP contribution in [0.4, 0.5) is 5.69 Å². The number of nitrogens with zero attached hydrogens (tertiary/aromatic N) is 1. The van der Waals surface area contributed by atoms with E-state index >= 15 is 0 Å². The number of hydrogen-bond acceptors (Lipinski definition) is 2. The average molecular weight is 225 g/mol. The van der Waals surface area contributed by atoms with Gasteiger partial charge in [0.2, 0.25) is 0 Å². The van der Waals surface area contributed by atoms with E-state index in [1.54, 1.807) is 12.4 Å². The summed E-state index contributed by atoms with van der Waals surface area (Å²) in [6.07, 6.45) is 3.38. The number of aromatic nitrogens is 1. The van der Waals surface area contributed by atoms with Crippen LogP contribution in [0.3, 0.4) is 0 Å². The van der Waals surface area contributed by atoms with E-state index in [9.17, 15) is 0 Å². The van der Waals surface area contributed by atoms with E-state index in [1.807, 2.05) is 30.3 Å². The molecular formula is C14H15N3. The molecule has 17 heavy (non-hydrogen) atoms. The van der Waals surface area contributed by atoms with Gasteiger partial charge in [0.1, 0.15) is 5.84 Å². The van der Waals surface area contributed by atoms with E-state index in [4.69, 9.17) is 5.41 Å². The van der Waals surface area contributed by atoms with Crippen molar-refractivity contribution in [3.63, 3.8) is 0 Å². The molecule has 0 unspecified atom stereocenters. The summed E-state index contributed by atoms with van der Waals surface area (Å²) in [7, 11) is 0. The van der Waals surface area contributed by atoms with Crippen molar-refractivity contribution in [1.82, 2.24) is 4.98 Å². The Morgan fingerprint density at radius 1 is 1.18 bits per heavy atom. The quantitative estimate of drug-likeness (QED) is 0.609. The molecule has 0 atom stereocenters. The van der Waals surface area contributed by atoms with Gasteiger partial charge in [-0.25, -0.2) is 0 Å². The minimum atomic E-state index is 0.362. The molecule has 0 amide bonds. The van der Waals surface area contributed by atoms with Gasteiger partial charge in [-0.1, -0.05) is 6.07 Å². The molecule has 3 heteroatoms. The van der Waals surface area contributed by atoms with Crippen molar-refractivity contribution in [1.29, 1.82) is 5.41 Å². The Kier molecular flexibility index (Phi) is 3.19. The van der Waals surface area contributed by atoms with Crippen LogP contribution in [0, 0.1) is 19.3 Å². The second kappa shape index (κ2) is 4.78. The summed E-state index contributed by atoms with van der Waals surface area (Å²) in [5.41, 5.74) is 4.19. The molecule has 1 aromatic carbocycles. The first-order chi connectivity index (χ1) is 8.16. The van der Waals surface area contributed by atoms with Gasteiger partial charge in [0.05, 0.1) is 0 Å². The van der Waals surface area contributed by atoms with Crippen LogP contribution >= 0.6 is 0 Å². The van der Waals surface area contributed by atoms with Crippen LogP contribution in [0.2, 0.25) is 0 Å². The van der Waals surface area contributed by atoms with Crippen molar-refractivity contribution >= 4 is 11.5 Å². The molecule has 0 saturated heterocycles. The predicted octanol–water partition coefficient (Wildman–Crippen LogP) is 3.14. The fourth-order valence-corrected chi connectivity index (χ4v) is 1.55. The van der Waals surface area contributed by atoms with Gasteiger partial charge >= 0.3 is 0 Å². The van der Waals surface area contributed by atoms with E-state index in [0.717, 1.165) is 11.3 Å². The lowest BCUT2D eigenvalue weighted by Crippen LogP contribution is -2.12. The SMILES string of the molecule is Cc1ccc(NC(=N)c2cccnc2)cc1C. The molecule has 0 aliphatic heterocycles. The molecular weight excluding hydrogens is 210 g/mol. The average Bonchev–Trinajstić information content (AvgIpc) is 2.35. The van der Waals surface area contributed by atoms with Crippen LogP contribution in [-0.2, 0) is 0 Å². The molecule has 2 N–H and O–H groups in total. The first-order valence-electron chi connectivity index (χ1n) is 5.50. The number of amidine groups is 1. The Labute approximate surface area is 101 Å². The van der Waals surface area contributed by atoms with Crippen LogP contribution in [0.15, 0.2) is 42.7 Å². The highest BCUT2D eigenvalue weighted by atomic mass is 14.9. The fraction of sp³-hybridized carbons (Fsp3) is 0.143. The first kappa shape index (κ1) is 11.3. The van der Waals surface area contributed by atoms with Gasteiger partial charge in [-0.15, -0.1) is 0 Å². The minimum Gasteiger partial charge on any atom is -0.340 e. The van der Waals surface area contributed by atoms with E-state index in [2.05, 4.69) is 24.1 Å². The van der Waals surface area contributed by atoms with Crippen LogP contribution in [0.5, 0.6) is 0 Å². The second-order valence-electron chi connectivity index (χ2n) is 4.04. The van der Waals surface area contributed by atoms with E-state index in [-0.39, 0.29) is 0 Å². The third kappa shape index (κ3) is 2.69. The van der Waals surface area contributed by atoms with Crippen molar-refractivity contribution < 1.29 is 0 Å². The molecule has 1 aromatic heterocycles. The summed E-state index contributed by atoms with van der Waals surface area (Å²) in [5.74, 6) is 0.362. The first-order valence-corrected chi connectivity index (χ1v) is 5.50. The zero-order valence-electron chi connectivity index (χ0n) is 9.99. The van der Waals surface area contributed by atoms with Crippen molar-refractivity contribution in [2.45, 2.75) is 13.8 Å². The Balaban J connectivity index is 2.16. The molecule has 3 nitrogen and oxygen atoms in total. The minimum absolute atomic E-state index is 0.362. The smallest absolute Gasteiger partial charge is 0.131 e. The number of pyridine rings is 1. The Hall–Kier alpha value is -2.16. The van der Waals surface area contributed by atoms with Gasteiger partial charge in [0.25, 0.3) is 0 Å². The largest absolute Gasteiger partial charge is 0.340 e. The standard InChI is InChI=1S/C14H15N3/c1-10-5-6-13(8-11(10)2)17-14(15)12-4-3-7-16-9-12/h3-9H,1-2H3,(H2,15,17). The molecule has 86 valence electrons. The maximum Gasteiger partial charge on any atom is 0.131 e. The number of hydrogen-bond donors (Lipinski definition) is 2. The van der Waals surface area contributed by atoms with E-state index < -0.39 is 0 Å². The van der Waals surface area contributed by atoms with Gasteiger partial charge in [0, 0.05) is 23.6 Å². The summed E-state index contributed by atoms with van der Waals surface area (Å²) in [4.78, 5) is 4.00. The molecule has 0 radical (unpaired) electrons. The zero-order chi connectivity index (χ0) is 12.3. The summed E-state index contributed by atoms with van der Waals surface area (Å²) >= 11 is 0. The van der Waals surface area contributed by atoms with Crippen molar-refractivity contribution in [2.24, 2.45) is 0 Å². The molecule has 0 bridgehead atoms. The summed E-state index contributed by atoms with van der Waals surface area (Å²) in [6.45, 7) is 4.14. The van der Waals surface area contributed by atoms with E-state index in [0.29, 0.717) is 5.84 Å². The third-order valence-corrected chi connectivity index (χ3v) is 2.73. The highest BCUT2D eigenvalue weighted by Crippen LogP contribution is 2.14. The molecule has 0 fully saturated rings. The maximum atomic E-state index is 7.94. The van der Waals surface area contributed by atoms with Crippen LogP contribution in [-0.4, -0.2) is 10.8 Å². The molecule has 0 spiro atoms. The Morgan fingerprint density at radius 2 is 2.00 bits per heavy atom. The van der Waals surface area contributed by atoms with Crippen molar-refractivity contribution in [3.8, 4) is 0 Å². The topological polar surface area (TPSA) is 48.8 Å². The lowest BCUT2D eigenvalue weighted by atomic mass is 10.1. The van der Waals surface area contributed by atoms with Gasteiger partial charge in [-0.05, 0) is 49.2 Å². The number of nitrogens with one attached hydrogen (secondary N) is 2. The lowest BCUT2D eigenvalue weighted by Gasteiger charge is -2.09. The highest BCUT2D eigenvalue weighted by Gasteiger charge is 2.02. The maximum absolute atomic E-state index is 7.94. The second-order valence-corrected chi connectivity index (χ2v) is 4.04. The summed E-state index contributed by atoms with van der Waals surface area (Å²) in [6, 6.07) is 9.76. The van der Waals surface area contributed by atoms with Crippen molar-refractivity contribution in [2.75, 3.05) is 5.32 Å². The van der Waals surface area contributed by atoms with E-state index in [1.165, 1.54) is 11.1 Å². The molecule has 2 rings (SSSR count). The zero-order valence-corrected chi connectivity index (χ0v) is 9.99. The lowest BCUT2D eigenvalue weighted by molar-refractivity contribution is 1.30. The molecule has 0 saturated carbocycles. The van der Waals surface area contributed by atoms with Gasteiger partial charge in [0.15, 0.2) is 0 Å². The van der Waals surface area contributed by atoms with Crippen molar-refractivity contribution in [3.05, 3.63) is 59.4 Å². The van der Waals surface area contributed by atoms with Gasteiger partial charge in [-0.3, -0.25) is 10.4 Å². The number of benzene rings is 1. The molecule has 0 aliphatic rings. The summed E-state index contributed by atoms with van der Waals surface area (Å²) in [5, 5.41) is 11.0. The Bertz CT molecular complexity index is 532. The Morgan fingerprint density at radius 3 is 2.65 bits per heavy atom. The molecule has 1 heterocycles. The number of aryl methyl sites for hydroxylation is 2. The fourth-order valence-electron chi connectivity index (χ4n) is 1.55. The predicted molar refractivity (Wildman–Crippen MR) is 70.6 cm³/mol. The summed E-state index contributed by atoms with van der Waals surface area (Å²) < 4.78 is 0. The monoisotopic (exact) mass is 225 g/mol. The molecule has 0 aliphatic carbocycles. The number of rotatable bonds is 2. The van der Waals surface area contributed by atoms with Crippen LogP contribution < -0.4 is 5.32 Å². The van der Waals surface area contributed by atoms with Crippen LogP contribution in [0.25, 0.3) is 0 Å². The molecule has 2 aromatic rings. The van der Waals surface area contributed by atoms with Gasteiger partial charge in [-0.2, -0.15) is 0 Å². The third-order valence-electron chi connectivity index (χ3n) is 2.73. The highest BCUT2D eigenvalue weighted by molar-refractivity contribution is 6.05. The normalized spacial score (nSPS) is 10.0. The number of anilines is 1.